The smallest absolute Gasteiger partial charge is 0.0546 e. The van der Waals surface area contributed by atoms with E-state index in [-0.39, 0.29) is 0 Å². The van der Waals surface area contributed by atoms with Crippen molar-refractivity contribution in [1.82, 2.24) is 0 Å². The summed E-state index contributed by atoms with van der Waals surface area (Å²) in [6, 6.07) is 77.2. The van der Waals surface area contributed by atoms with E-state index < -0.39 is 0 Å². The molecule has 10 aromatic rings. The molecule has 0 aliphatic carbocycles. The Morgan fingerprint density at radius 1 is 0.296 bits per heavy atom. The lowest BCUT2D eigenvalue weighted by Crippen LogP contribution is -2.11. The highest BCUT2D eigenvalue weighted by molar-refractivity contribution is 7.25. The second kappa shape index (κ2) is 13.7. The summed E-state index contributed by atoms with van der Waals surface area (Å²) in [4.78, 5) is 2.44. The number of anilines is 3. The fourth-order valence-corrected chi connectivity index (χ4v) is 8.89. The Balaban J connectivity index is 1.15. The summed E-state index contributed by atoms with van der Waals surface area (Å²) in [6.45, 7) is 0. The Bertz CT molecular complexity index is 2910. The quantitative estimate of drug-likeness (QED) is 0.160. The van der Waals surface area contributed by atoms with Crippen molar-refractivity contribution in [3.63, 3.8) is 0 Å². The molecular weight excluding hydrogens is 671 g/mol. The topological polar surface area (TPSA) is 3.24 Å². The van der Waals surface area contributed by atoms with E-state index >= 15 is 0 Å². The lowest BCUT2D eigenvalue weighted by atomic mass is 9.93. The molecule has 54 heavy (non-hydrogen) atoms. The maximum atomic E-state index is 2.44. The third-order valence-electron chi connectivity index (χ3n) is 10.5. The van der Waals surface area contributed by atoms with Crippen molar-refractivity contribution in [2.24, 2.45) is 0 Å². The van der Waals surface area contributed by atoms with Crippen molar-refractivity contribution in [2.75, 3.05) is 4.90 Å². The highest BCUT2D eigenvalue weighted by Gasteiger charge is 2.21. The van der Waals surface area contributed by atoms with Crippen molar-refractivity contribution < 1.29 is 0 Å². The van der Waals surface area contributed by atoms with Crippen LogP contribution in [0.1, 0.15) is 0 Å². The minimum Gasteiger partial charge on any atom is -0.310 e. The molecule has 0 saturated heterocycles. The Morgan fingerprint density at radius 2 is 0.833 bits per heavy atom. The number of hydrogen-bond donors (Lipinski definition) is 0. The zero-order valence-electron chi connectivity index (χ0n) is 29.6. The van der Waals surface area contributed by atoms with Gasteiger partial charge in [0.05, 0.1) is 5.69 Å². The number of rotatable bonds is 7. The van der Waals surface area contributed by atoms with E-state index in [2.05, 4.69) is 217 Å². The molecule has 1 heterocycles. The number of thiophene rings is 1. The van der Waals surface area contributed by atoms with E-state index in [9.17, 15) is 0 Å². The predicted molar refractivity (Wildman–Crippen MR) is 233 cm³/mol. The van der Waals surface area contributed by atoms with Crippen LogP contribution in [-0.2, 0) is 0 Å². The van der Waals surface area contributed by atoms with E-state index in [1.807, 2.05) is 11.3 Å². The first-order valence-electron chi connectivity index (χ1n) is 18.4. The van der Waals surface area contributed by atoms with Crippen molar-refractivity contribution in [3.8, 4) is 44.5 Å². The van der Waals surface area contributed by atoms with Gasteiger partial charge in [-0.05, 0) is 98.2 Å². The van der Waals surface area contributed by atoms with Crippen molar-refractivity contribution in [3.05, 3.63) is 212 Å². The lowest BCUT2D eigenvalue weighted by Gasteiger charge is -2.29. The summed E-state index contributed by atoms with van der Waals surface area (Å²) in [6.07, 6.45) is 0. The first kappa shape index (κ1) is 32.0. The molecule has 0 bridgehead atoms. The maximum Gasteiger partial charge on any atom is 0.0546 e. The second-order valence-electron chi connectivity index (χ2n) is 13.7. The normalized spacial score (nSPS) is 11.3. The van der Waals surface area contributed by atoms with Crippen LogP contribution in [0.25, 0.3) is 75.5 Å². The summed E-state index contributed by atoms with van der Waals surface area (Å²) in [5, 5.41) is 5.06. The van der Waals surface area contributed by atoms with Crippen LogP contribution in [0.3, 0.4) is 0 Å². The van der Waals surface area contributed by atoms with E-state index in [1.54, 1.807) is 0 Å². The van der Waals surface area contributed by atoms with Gasteiger partial charge in [-0.2, -0.15) is 0 Å². The van der Waals surface area contributed by atoms with Crippen LogP contribution in [0.2, 0.25) is 0 Å². The first-order chi connectivity index (χ1) is 26.8. The van der Waals surface area contributed by atoms with Crippen LogP contribution < -0.4 is 4.90 Å². The minimum atomic E-state index is 1.10. The zero-order valence-corrected chi connectivity index (χ0v) is 30.4. The zero-order chi connectivity index (χ0) is 35.8. The Labute approximate surface area is 319 Å². The number of hydrogen-bond acceptors (Lipinski definition) is 2. The van der Waals surface area contributed by atoms with Crippen LogP contribution in [0.4, 0.5) is 17.1 Å². The van der Waals surface area contributed by atoms with Gasteiger partial charge in [0.1, 0.15) is 0 Å². The largest absolute Gasteiger partial charge is 0.310 e. The second-order valence-corrected chi connectivity index (χ2v) is 14.8. The molecule has 1 nitrogen and oxygen atoms in total. The highest BCUT2D eigenvalue weighted by Crippen LogP contribution is 2.47. The van der Waals surface area contributed by atoms with Gasteiger partial charge in [0.2, 0.25) is 0 Å². The molecule has 0 aliphatic rings. The molecular formula is C52H35NS. The molecule has 0 fully saturated rings. The Hall–Kier alpha value is -6.74. The molecule has 254 valence electrons. The van der Waals surface area contributed by atoms with Crippen LogP contribution in [0.15, 0.2) is 212 Å². The minimum absolute atomic E-state index is 1.10. The lowest BCUT2D eigenvalue weighted by molar-refractivity contribution is 1.29. The Morgan fingerprint density at radius 3 is 1.56 bits per heavy atom. The molecule has 0 saturated carbocycles. The van der Waals surface area contributed by atoms with E-state index in [1.165, 1.54) is 75.5 Å². The average Bonchev–Trinajstić information content (AvgIpc) is 3.63. The van der Waals surface area contributed by atoms with Gasteiger partial charge >= 0.3 is 0 Å². The van der Waals surface area contributed by atoms with Gasteiger partial charge < -0.3 is 4.90 Å². The van der Waals surface area contributed by atoms with E-state index in [0.717, 1.165) is 17.1 Å². The van der Waals surface area contributed by atoms with Crippen molar-refractivity contribution in [2.45, 2.75) is 0 Å². The van der Waals surface area contributed by atoms with Gasteiger partial charge in [0, 0.05) is 37.1 Å². The summed E-state index contributed by atoms with van der Waals surface area (Å²) < 4.78 is 2.62. The summed E-state index contributed by atoms with van der Waals surface area (Å²) in [5.74, 6) is 0. The fourth-order valence-electron chi connectivity index (χ4n) is 7.80. The third kappa shape index (κ3) is 5.84. The molecule has 10 rings (SSSR count). The van der Waals surface area contributed by atoms with Crippen LogP contribution in [0.5, 0.6) is 0 Å². The summed E-state index contributed by atoms with van der Waals surface area (Å²) in [7, 11) is 0. The number of nitrogens with zero attached hydrogens (tertiary/aromatic N) is 1. The van der Waals surface area contributed by atoms with Crippen LogP contribution >= 0.6 is 11.3 Å². The molecule has 0 radical (unpaired) electrons. The number of benzene rings is 9. The molecule has 0 amide bonds. The monoisotopic (exact) mass is 705 g/mol. The standard InChI is InChI=1S/C52H35NS/c1-3-12-36(13-4-1)38-22-24-39(25-23-38)40-26-30-44(31-27-40)53(45-18-11-17-42(34-45)37-14-5-2-6-15-37)49-32-28-41-16-7-8-19-46(41)52(49)43-29-33-51-48(35-43)47-20-9-10-21-50(47)54-51/h1-35H. The van der Waals surface area contributed by atoms with Crippen LogP contribution in [-0.4, -0.2) is 0 Å². The molecule has 0 atom stereocenters. The third-order valence-corrected chi connectivity index (χ3v) is 11.6. The van der Waals surface area contributed by atoms with Gasteiger partial charge in [0.15, 0.2) is 0 Å². The number of fused-ring (bicyclic) bond motifs is 4. The maximum absolute atomic E-state index is 2.44. The van der Waals surface area contributed by atoms with Crippen LogP contribution in [0, 0.1) is 0 Å². The summed E-state index contributed by atoms with van der Waals surface area (Å²) >= 11 is 1.86. The molecule has 1 aromatic heterocycles. The molecule has 0 N–H and O–H groups in total. The van der Waals surface area contributed by atoms with Crippen molar-refractivity contribution in [1.29, 1.82) is 0 Å². The first-order valence-corrected chi connectivity index (χ1v) is 19.2. The molecule has 9 aromatic carbocycles. The van der Waals surface area contributed by atoms with Crippen molar-refractivity contribution >= 4 is 59.3 Å². The van der Waals surface area contributed by atoms with Gasteiger partial charge in [-0.25, -0.2) is 0 Å². The molecule has 0 aliphatic heterocycles. The average molecular weight is 706 g/mol. The Kier molecular flexibility index (Phi) is 8.09. The van der Waals surface area contributed by atoms with Gasteiger partial charge in [-0.3, -0.25) is 0 Å². The fraction of sp³-hybridized carbons (Fsp3) is 0. The van der Waals surface area contributed by atoms with E-state index in [4.69, 9.17) is 0 Å². The molecule has 2 heteroatoms. The van der Waals surface area contributed by atoms with Gasteiger partial charge in [0.25, 0.3) is 0 Å². The molecule has 0 spiro atoms. The molecule has 0 unspecified atom stereocenters. The van der Waals surface area contributed by atoms with E-state index in [0.29, 0.717) is 0 Å². The summed E-state index contributed by atoms with van der Waals surface area (Å²) in [5.41, 5.74) is 13.0. The predicted octanol–water partition coefficient (Wildman–Crippen LogP) is 15.3. The highest BCUT2D eigenvalue weighted by atomic mass is 32.1. The SMILES string of the molecule is c1ccc(-c2ccc(-c3ccc(N(c4cccc(-c5ccccc5)c4)c4ccc5ccccc5c4-c4ccc5sc6ccccc6c5c4)cc3)cc2)cc1. The van der Waals surface area contributed by atoms with Gasteiger partial charge in [-0.15, -0.1) is 11.3 Å². The van der Waals surface area contributed by atoms with Gasteiger partial charge in [-0.1, -0.05) is 164 Å².